The van der Waals surface area contributed by atoms with Gasteiger partial charge in [0.2, 0.25) is 0 Å². The lowest BCUT2D eigenvalue weighted by Gasteiger charge is -2.07. The Kier molecular flexibility index (Phi) is 6.66. The molecule has 5 aromatic carbocycles. The molecule has 0 aliphatic rings. The van der Waals surface area contributed by atoms with Gasteiger partial charge in [-0.15, -0.1) is 15.3 Å². The third-order valence-electron chi connectivity index (χ3n) is 5.83. The smallest absolute Gasteiger partial charge is 0.294 e. The molecule has 0 aliphatic carbocycles. The van der Waals surface area contributed by atoms with Crippen LogP contribution in [0.1, 0.15) is 0 Å². The molecule has 0 unspecified atom stereocenters. The van der Waals surface area contributed by atoms with Gasteiger partial charge in [-0.1, -0.05) is 36.4 Å². The summed E-state index contributed by atoms with van der Waals surface area (Å²) < 4.78 is 65.4. The number of rotatable bonds is 6. The lowest BCUT2D eigenvalue weighted by atomic mass is 10.1. The van der Waals surface area contributed by atoms with Crippen molar-refractivity contribution in [1.82, 2.24) is 0 Å². The Bertz CT molecular complexity index is 2040. The predicted octanol–water partition coefficient (Wildman–Crippen LogP) is 6.90. The zero-order chi connectivity index (χ0) is 27.8. The maximum atomic E-state index is 11.8. The van der Waals surface area contributed by atoms with Crippen LogP contribution >= 0.6 is 0 Å². The fraction of sp³-hybridized carbons (Fsp3) is 0. The molecule has 4 N–H and O–H groups in total. The molecular weight excluding hydrogens is 542 g/mol. The molecule has 196 valence electrons. The zero-order valence-electron chi connectivity index (χ0n) is 19.9. The highest BCUT2D eigenvalue weighted by Gasteiger charge is 2.14. The Morgan fingerprint density at radius 1 is 0.513 bits per heavy atom. The highest BCUT2D eigenvalue weighted by atomic mass is 32.2. The molecule has 0 spiro atoms. The molecule has 0 saturated carbocycles. The van der Waals surface area contributed by atoms with E-state index in [1.807, 2.05) is 24.3 Å². The van der Waals surface area contributed by atoms with E-state index in [9.17, 15) is 25.9 Å². The summed E-state index contributed by atoms with van der Waals surface area (Å²) in [5, 5.41) is 19.3. The lowest BCUT2D eigenvalue weighted by Crippen LogP contribution is -1.97. The number of fused-ring (bicyclic) bond motifs is 2. The van der Waals surface area contributed by atoms with Crippen molar-refractivity contribution >= 4 is 70.2 Å². The zero-order valence-corrected chi connectivity index (χ0v) is 21.5. The summed E-state index contributed by atoms with van der Waals surface area (Å²) in [5.74, 6) is 0. The van der Waals surface area contributed by atoms with Crippen LogP contribution in [-0.2, 0) is 20.2 Å². The molecule has 13 heteroatoms. The van der Waals surface area contributed by atoms with Crippen molar-refractivity contribution in [3.8, 4) is 0 Å². The Morgan fingerprint density at radius 2 is 1.05 bits per heavy atom. The molecule has 5 rings (SSSR count). The maximum Gasteiger partial charge on any atom is 0.294 e. The van der Waals surface area contributed by atoms with Crippen molar-refractivity contribution in [2.75, 3.05) is 5.73 Å². The van der Waals surface area contributed by atoms with Gasteiger partial charge in [-0.05, 0) is 54.6 Å². The van der Waals surface area contributed by atoms with Gasteiger partial charge in [0.15, 0.2) is 0 Å². The topological polar surface area (TPSA) is 184 Å². The molecular formula is C26H19N5O6S2. The summed E-state index contributed by atoms with van der Waals surface area (Å²) in [6, 6.07) is 23.2. The van der Waals surface area contributed by atoms with E-state index in [1.165, 1.54) is 36.4 Å². The van der Waals surface area contributed by atoms with Gasteiger partial charge in [0.05, 0.1) is 32.5 Å². The van der Waals surface area contributed by atoms with E-state index < -0.39 is 20.2 Å². The SMILES string of the molecule is Nc1ccc(N=Nc2ccc(N=Nc3cccc(S(=O)(=O)O)c3)c3ccc(S(=O)(=O)O)cc23)c2ccccc12. The number of azo groups is 2. The van der Waals surface area contributed by atoms with Gasteiger partial charge in [-0.25, -0.2) is 0 Å². The second-order valence-corrected chi connectivity index (χ2v) is 11.2. The van der Waals surface area contributed by atoms with Gasteiger partial charge >= 0.3 is 0 Å². The molecule has 11 nitrogen and oxygen atoms in total. The van der Waals surface area contributed by atoms with Gasteiger partial charge in [-0.2, -0.15) is 21.9 Å². The third kappa shape index (κ3) is 5.51. The van der Waals surface area contributed by atoms with E-state index in [0.29, 0.717) is 33.5 Å². The van der Waals surface area contributed by atoms with E-state index in [2.05, 4.69) is 20.5 Å². The minimum absolute atomic E-state index is 0.159. The number of nitrogens with two attached hydrogens (primary N) is 1. The van der Waals surface area contributed by atoms with Gasteiger partial charge in [0.1, 0.15) is 0 Å². The largest absolute Gasteiger partial charge is 0.398 e. The number of benzene rings is 5. The van der Waals surface area contributed by atoms with E-state index in [1.54, 1.807) is 24.3 Å². The average molecular weight is 562 g/mol. The van der Waals surface area contributed by atoms with Crippen molar-refractivity contribution in [3.63, 3.8) is 0 Å². The van der Waals surface area contributed by atoms with Crippen LogP contribution in [0, 0.1) is 0 Å². The normalized spacial score (nSPS) is 12.7. The maximum absolute atomic E-state index is 11.8. The summed E-state index contributed by atoms with van der Waals surface area (Å²) in [7, 11) is -8.94. The molecule has 0 aliphatic heterocycles. The van der Waals surface area contributed by atoms with Crippen LogP contribution in [0.2, 0.25) is 0 Å². The van der Waals surface area contributed by atoms with Crippen LogP contribution in [0.4, 0.5) is 28.4 Å². The number of hydrogen-bond donors (Lipinski definition) is 3. The Hall–Kier alpha value is -4.56. The minimum Gasteiger partial charge on any atom is -0.398 e. The first-order valence-corrected chi connectivity index (χ1v) is 14.1. The van der Waals surface area contributed by atoms with Crippen LogP contribution in [0.25, 0.3) is 21.5 Å². The minimum atomic E-state index is -4.52. The van der Waals surface area contributed by atoms with Gasteiger partial charge in [0.25, 0.3) is 20.2 Å². The van der Waals surface area contributed by atoms with Crippen LogP contribution in [0.5, 0.6) is 0 Å². The molecule has 0 bridgehead atoms. The molecule has 0 heterocycles. The molecule has 0 atom stereocenters. The Labute approximate surface area is 222 Å². The first-order valence-electron chi connectivity index (χ1n) is 11.2. The fourth-order valence-corrected chi connectivity index (χ4v) is 4.98. The first-order chi connectivity index (χ1) is 18.5. The van der Waals surface area contributed by atoms with Crippen molar-refractivity contribution in [2.24, 2.45) is 20.5 Å². The quantitative estimate of drug-likeness (QED) is 0.114. The number of hydrogen-bond acceptors (Lipinski definition) is 9. The summed E-state index contributed by atoms with van der Waals surface area (Å²) >= 11 is 0. The van der Waals surface area contributed by atoms with E-state index >= 15 is 0 Å². The summed E-state index contributed by atoms with van der Waals surface area (Å²) in [6.07, 6.45) is 0. The summed E-state index contributed by atoms with van der Waals surface area (Å²) in [4.78, 5) is -0.688. The highest BCUT2D eigenvalue weighted by molar-refractivity contribution is 7.86. The monoisotopic (exact) mass is 561 g/mol. The van der Waals surface area contributed by atoms with Crippen molar-refractivity contribution < 1.29 is 25.9 Å². The van der Waals surface area contributed by atoms with E-state index in [4.69, 9.17) is 5.73 Å². The van der Waals surface area contributed by atoms with Gasteiger partial charge < -0.3 is 5.73 Å². The van der Waals surface area contributed by atoms with Crippen LogP contribution in [-0.4, -0.2) is 25.9 Å². The molecule has 0 radical (unpaired) electrons. The fourth-order valence-electron chi connectivity index (χ4n) is 3.95. The molecule has 5 aromatic rings. The summed E-state index contributed by atoms with van der Waals surface area (Å²) in [6.45, 7) is 0. The second-order valence-electron chi connectivity index (χ2n) is 8.38. The molecule has 0 saturated heterocycles. The Balaban J connectivity index is 1.62. The Morgan fingerprint density at radius 3 is 1.72 bits per heavy atom. The predicted molar refractivity (Wildman–Crippen MR) is 147 cm³/mol. The third-order valence-corrected chi connectivity index (χ3v) is 7.53. The number of nitrogen functional groups attached to an aromatic ring is 1. The summed E-state index contributed by atoms with van der Waals surface area (Å²) in [5.41, 5.74) is 7.96. The van der Waals surface area contributed by atoms with Crippen molar-refractivity contribution in [3.05, 3.63) is 91.0 Å². The second kappa shape index (κ2) is 9.96. The molecule has 39 heavy (non-hydrogen) atoms. The van der Waals surface area contributed by atoms with Crippen molar-refractivity contribution in [1.29, 1.82) is 0 Å². The lowest BCUT2D eigenvalue weighted by molar-refractivity contribution is 0.481. The van der Waals surface area contributed by atoms with E-state index in [0.717, 1.165) is 16.8 Å². The van der Waals surface area contributed by atoms with Gasteiger partial charge in [0, 0.05) is 27.2 Å². The standard InChI is InChI=1S/C26H19N5O6S2/c27-23-10-11-24(20-7-2-1-6-19(20)23)30-31-26-13-12-25(21-9-8-18(15-22(21)26)39(35,36)37)29-28-16-4-3-5-17(14-16)38(32,33)34/h1-15H,27H2,(H,32,33,34)(H,35,36,37). The average Bonchev–Trinajstić information content (AvgIpc) is 2.91. The number of anilines is 1. The van der Waals surface area contributed by atoms with Crippen molar-refractivity contribution in [2.45, 2.75) is 9.79 Å². The van der Waals surface area contributed by atoms with Crippen LogP contribution < -0.4 is 5.73 Å². The molecule has 0 amide bonds. The highest BCUT2D eigenvalue weighted by Crippen LogP contribution is 2.38. The number of nitrogens with zero attached hydrogens (tertiary/aromatic N) is 4. The molecule has 0 aromatic heterocycles. The van der Waals surface area contributed by atoms with E-state index in [-0.39, 0.29) is 15.5 Å². The van der Waals surface area contributed by atoms with Crippen LogP contribution in [0.15, 0.2) is 121 Å². The van der Waals surface area contributed by atoms with Crippen LogP contribution in [0.3, 0.4) is 0 Å². The molecule has 0 fully saturated rings. The van der Waals surface area contributed by atoms with Gasteiger partial charge in [-0.3, -0.25) is 9.11 Å². The first kappa shape index (κ1) is 26.1.